The van der Waals surface area contributed by atoms with Gasteiger partial charge in [0.25, 0.3) is 5.91 Å². The lowest BCUT2D eigenvalue weighted by Crippen LogP contribution is -2.47. The molecule has 2 aliphatic rings. The van der Waals surface area contributed by atoms with Crippen LogP contribution in [0, 0.1) is 6.92 Å². The summed E-state index contributed by atoms with van der Waals surface area (Å²) in [6.07, 6.45) is 7.92. The molecular weight excluding hydrogens is 332 g/mol. The summed E-state index contributed by atoms with van der Waals surface area (Å²) in [4.78, 5) is 27.3. The molecule has 2 atom stereocenters. The molecule has 1 saturated carbocycles. The summed E-state index contributed by atoms with van der Waals surface area (Å²) in [7, 11) is 0. The van der Waals surface area contributed by atoms with Crippen LogP contribution in [-0.4, -0.2) is 53.1 Å². The van der Waals surface area contributed by atoms with Crippen molar-refractivity contribution in [1.29, 1.82) is 0 Å². The van der Waals surface area contributed by atoms with Crippen molar-refractivity contribution in [3.05, 3.63) is 17.5 Å². The molecule has 1 aromatic heterocycles. The van der Waals surface area contributed by atoms with Gasteiger partial charge < -0.3 is 15.2 Å². The molecule has 2 heterocycles. The highest BCUT2D eigenvalue weighted by Gasteiger charge is 2.40. The van der Waals surface area contributed by atoms with Gasteiger partial charge in [-0.05, 0) is 33.1 Å². The van der Waals surface area contributed by atoms with Crippen molar-refractivity contribution in [2.24, 2.45) is 0 Å². The molecule has 7 heteroatoms. The minimum atomic E-state index is -0.232. The summed E-state index contributed by atoms with van der Waals surface area (Å²) in [6.45, 7) is 5.05. The highest BCUT2D eigenvalue weighted by atomic mass is 16.5. The minimum Gasteiger partial charge on any atom is -0.361 e. The molecule has 2 amide bonds. The molecule has 2 N–H and O–H groups in total. The topological polar surface area (TPSA) is 87.5 Å². The molecule has 0 bridgehead atoms. The second kappa shape index (κ2) is 8.66. The van der Waals surface area contributed by atoms with Crippen LogP contribution in [0.25, 0.3) is 0 Å². The van der Waals surface area contributed by atoms with Gasteiger partial charge in [-0.3, -0.25) is 14.5 Å². The average Bonchev–Trinajstić information content (AvgIpc) is 3.13. The fraction of sp³-hybridized carbons (Fsp3) is 0.737. The van der Waals surface area contributed by atoms with Gasteiger partial charge in [0.2, 0.25) is 5.91 Å². The predicted molar refractivity (Wildman–Crippen MR) is 97.8 cm³/mol. The molecule has 1 saturated heterocycles. The first-order valence-corrected chi connectivity index (χ1v) is 9.86. The monoisotopic (exact) mass is 362 g/mol. The van der Waals surface area contributed by atoms with Gasteiger partial charge in [0.1, 0.15) is 5.76 Å². The van der Waals surface area contributed by atoms with Crippen LogP contribution in [0.15, 0.2) is 10.6 Å². The van der Waals surface area contributed by atoms with E-state index < -0.39 is 0 Å². The van der Waals surface area contributed by atoms with Crippen molar-refractivity contribution in [2.45, 2.75) is 76.9 Å². The number of likely N-dealkylation sites (N-methyl/N-ethyl adjacent to an activating group) is 1. The van der Waals surface area contributed by atoms with E-state index in [-0.39, 0.29) is 23.9 Å². The van der Waals surface area contributed by atoms with Crippen LogP contribution in [0.1, 0.15) is 68.1 Å². The van der Waals surface area contributed by atoms with E-state index in [2.05, 4.69) is 20.7 Å². The van der Waals surface area contributed by atoms with Crippen molar-refractivity contribution in [1.82, 2.24) is 20.7 Å². The Morgan fingerprint density at radius 2 is 2.00 bits per heavy atom. The van der Waals surface area contributed by atoms with Crippen LogP contribution in [0.2, 0.25) is 0 Å². The Morgan fingerprint density at radius 3 is 2.62 bits per heavy atom. The number of hydrogen-bond acceptors (Lipinski definition) is 5. The van der Waals surface area contributed by atoms with E-state index in [0.29, 0.717) is 30.5 Å². The van der Waals surface area contributed by atoms with Crippen molar-refractivity contribution < 1.29 is 14.1 Å². The molecule has 3 rings (SSSR count). The molecule has 0 radical (unpaired) electrons. The Bertz CT molecular complexity index is 622. The summed E-state index contributed by atoms with van der Waals surface area (Å²) < 4.78 is 4.99. The standard InChI is InChI=1S/C19H30N4O3/c1-3-20-19(25)17-11-14(21-18(24)16-10-13(2)26-22-16)12-23(17)15-8-6-4-5-7-9-15/h10,14-15,17H,3-9,11-12H2,1-2H3,(H,20,25)(H,21,24)/t14-,17-/m0/s1. The first kappa shape index (κ1) is 18.9. The smallest absolute Gasteiger partial charge is 0.273 e. The number of carbonyl (C=O) groups excluding carboxylic acids is 2. The molecule has 0 spiro atoms. The summed E-state index contributed by atoms with van der Waals surface area (Å²) in [6, 6.07) is 1.85. The third-order valence-corrected chi connectivity index (χ3v) is 5.48. The maximum atomic E-state index is 12.6. The number of carbonyl (C=O) groups is 2. The highest BCUT2D eigenvalue weighted by molar-refractivity contribution is 5.92. The normalized spacial score (nSPS) is 25.0. The van der Waals surface area contributed by atoms with Crippen LogP contribution < -0.4 is 10.6 Å². The van der Waals surface area contributed by atoms with E-state index >= 15 is 0 Å². The Hall–Kier alpha value is -1.89. The number of aryl methyl sites for hydroxylation is 1. The summed E-state index contributed by atoms with van der Waals surface area (Å²) in [5.74, 6) is 0.455. The lowest BCUT2D eigenvalue weighted by molar-refractivity contribution is -0.126. The van der Waals surface area contributed by atoms with Gasteiger partial charge >= 0.3 is 0 Å². The number of nitrogens with one attached hydrogen (secondary N) is 2. The molecule has 144 valence electrons. The number of nitrogens with zero attached hydrogens (tertiary/aromatic N) is 2. The molecule has 1 aliphatic carbocycles. The molecule has 2 fully saturated rings. The molecule has 7 nitrogen and oxygen atoms in total. The molecule has 26 heavy (non-hydrogen) atoms. The zero-order valence-corrected chi connectivity index (χ0v) is 15.8. The van der Waals surface area contributed by atoms with Crippen LogP contribution in [-0.2, 0) is 4.79 Å². The van der Waals surface area contributed by atoms with E-state index in [4.69, 9.17) is 4.52 Å². The van der Waals surface area contributed by atoms with Crippen molar-refractivity contribution in [3.8, 4) is 0 Å². The zero-order valence-electron chi connectivity index (χ0n) is 15.8. The van der Waals surface area contributed by atoms with Gasteiger partial charge in [-0.15, -0.1) is 0 Å². The van der Waals surface area contributed by atoms with Gasteiger partial charge in [0.05, 0.1) is 6.04 Å². The number of aromatic nitrogens is 1. The average molecular weight is 362 g/mol. The van der Waals surface area contributed by atoms with Gasteiger partial charge in [-0.25, -0.2) is 0 Å². The molecule has 0 unspecified atom stereocenters. The third-order valence-electron chi connectivity index (χ3n) is 5.48. The SMILES string of the molecule is CCNC(=O)[C@@H]1C[C@H](NC(=O)c2cc(C)on2)CN1C1CCCCCC1. The number of hydrogen-bond donors (Lipinski definition) is 2. The molecule has 1 aromatic rings. The number of likely N-dealkylation sites (tertiary alicyclic amines) is 1. The van der Waals surface area contributed by atoms with Crippen molar-refractivity contribution >= 4 is 11.8 Å². The maximum absolute atomic E-state index is 12.6. The van der Waals surface area contributed by atoms with E-state index in [1.54, 1.807) is 13.0 Å². The van der Waals surface area contributed by atoms with Crippen LogP contribution >= 0.6 is 0 Å². The second-order valence-corrected chi connectivity index (χ2v) is 7.48. The Labute approximate surface area is 154 Å². The second-order valence-electron chi connectivity index (χ2n) is 7.48. The van der Waals surface area contributed by atoms with Crippen LogP contribution in [0.5, 0.6) is 0 Å². The summed E-state index contributed by atoms with van der Waals surface area (Å²) >= 11 is 0. The summed E-state index contributed by atoms with van der Waals surface area (Å²) in [5, 5.41) is 9.78. The lowest BCUT2D eigenvalue weighted by atomic mass is 10.1. The minimum absolute atomic E-state index is 0.0460. The summed E-state index contributed by atoms with van der Waals surface area (Å²) in [5.41, 5.74) is 0.296. The van der Waals surface area contributed by atoms with Crippen LogP contribution in [0.4, 0.5) is 0 Å². The highest BCUT2D eigenvalue weighted by Crippen LogP contribution is 2.29. The van der Waals surface area contributed by atoms with Crippen molar-refractivity contribution in [2.75, 3.05) is 13.1 Å². The Balaban J connectivity index is 1.68. The molecular formula is C19H30N4O3. The van der Waals surface area contributed by atoms with E-state index in [1.807, 2.05) is 6.92 Å². The van der Waals surface area contributed by atoms with Crippen molar-refractivity contribution in [3.63, 3.8) is 0 Å². The Kier molecular flexibility index (Phi) is 6.29. The van der Waals surface area contributed by atoms with Gasteiger partial charge in [-0.2, -0.15) is 0 Å². The first-order chi connectivity index (χ1) is 12.6. The quantitative estimate of drug-likeness (QED) is 0.783. The molecule has 0 aromatic carbocycles. The Morgan fingerprint density at radius 1 is 1.27 bits per heavy atom. The van der Waals surface area contributed by atoms with Gasteiger partial charge in [-0.1, -0.05) is 30.8 Å². The maximum Gasteiger partial charge on any atom is 0.273 e. The third kappa shape index (κ3) is 4.44. The predicted octanol–water partition coefficient (Wildman–Crippen LogP) is 2.01. The molecule has 1 aliphatic heterocycles. The lowest BCUT2D eigenvalue weighted by Gasteiger charge is -2.31. The number of amides is 2. The van der Waals surface area contributed by atoms with E-state index in [1.165, 1.54) is 25.7 Å². The van der Waals surface area contributed by atoms with Gasteiger partial charge in [0, 0.05) is 31.2 Å². The fourth-order valence-electron chi connectivity index (χ4n) is 4.24. The largest absolute Gasteiger partial charge is 0.361 e. The first-order valence-electron chi connectivity index (χ1n) is 9.86. The number of rotatable bonds is 5. The van der Waals surface area contributed by atoms with Gasteiger partial charge in [0.15, 0.2) is 5.69 Å². The van der Waals surface area contributed by atoms with Crippen LogP contribution in [0.3, 0.4) is 0 Å². The van der Waals surface area contributed by atoms with E-state index in [9.17, 15) is 9.59 Å². The van der Waals surface area contributed by atoms with E-state index in [0.717, 1.165) is 19.4 Å². The zero-order chi connectivity index (χ0) is 18.5. The fourth-order valence-corrected chi connectivity index (χ4v) is 4.24.